The molecule has 0 aromatic heterocycles. The van der Waals surface area contributed by atoms with Crippen LogP contribution in [-0.2, 0) is 0 Å². The van der Waals surface area contributed by atoms with Gasteiger partial charge in [-0.05, 0) is 12.1 Å². The molecule has 2 N–H and O–H groups in total. The predicted molar refractivity (Wildman–Crippen MR) is 83.5 cm³/mol. The number of halogens is 4. The van der Waals surface area contributed by atoms with Gasteiger partial charge in [-0.25, -0.2) is 4.39 Å². The number of nitrogens with one attached hydrogen (secondary N) is 1. The number of benzene rings is 1. The van der Waals surface area contributed by atoms with Gasteiger partial charge in [0, 0.05) is 36.2 Å². The van der Waals surface area contributed by atoms with Crippen LogP contribution in [0.2, 0.25) is 0 Å². The summed E-state index contributed by atoms with van der Waals surface area (Å²) in [5, 5.41) is 13.1. The van der Waals surface area contributed by atoms with Crippen LogP contribution < -0.4 is 5.32 Å². The highest BCUT2D eigenvalue weighted by Crippen LogP contribution is 2.31. The molecule has 0 saturated carbocycles. The lowest BCUT2D eigenvalue weighted by Gasteiger charge is -2.33. The van der Waals surface area contributed by atoms with E-state index in [9.17, 15) is 9.50 Å². The Bertz CT molecular complexity index is 392. The van der Waals surface area contributed by atoms with Crippen molar-refractivity contribution in [3.63, 3.8) is 0 Å². The number of hydrogen-bond acceptors (Lipinski definition) is 3. The zero-order valence-corrected chi connectivity index (χ0v) is 13.5. The zero-order valence-electron chi connectivity index (χ0n) is 10.3. The minimum absolute atomic E-state index is 0. The molecule has 1 aromatic carbocycles. The molecule has 1 aliphatic heterocycles. The Balaban J connectivity index is 0.00000162. The van der Waals surface area contributed by atoms with E-state index in [0.717, 1.165) is 30.7 Å². The second-order valence-electron chi connectivity index (χ2n) is 4.16. The van der Waals surface area contributed by atoms with E-state index < -0.39 is 6.67 Å². The van der Waals surface area contributed by atoms with Crippen molar-refractivity contribution in [2.75, 3.05) is 32.9 Å². The molecule has 0 radical (unpaired) electrons. The smallest absolute Gasteiger partial charge is 0.121 e. The molecule has 19 heavy (non-hydrogen) atoms. The van der Waals surface area contributed by atoms with Gasteiger partial charge in [0.15, 0.2) is 0 Å². The van der Waals surface area contributed by atoms with E-state index in [4.69, 9.17) is 0 Å². The van der Waals surface area contributed by atoms with Gasteiger partial charge in [0.1, 0.15) is 12.4 Å². The molecule has 1 aromatic rings. The average Bonchev–Trinajstić information content (AvgIpc) is 2.34. The van der Waals surface area contributed by atoms with Gasteiger partial charge in [0.2, 0.25) is 0 Å². The summed E-state index contributed by atoms with van der Waals surface area (Å²) >= 11 is 3.29. The number of rotatable bonds is 3. The van der Waals surface area contributed by atoms with Gasteiger partial charge < -0.3 is 10.4 Å². The van der Waals surface area contributed by atoms with Crippen LogP contribution in [0.5, 0.6) is 5.75 Å². The van der Waals surface area contributed by atoms with Gasteiger partial charge in [-0.3, -0.25) is 4.90 Å². The summed E-state index contributed by atoms with van der Waals surface area (Å²) in [6, 6.07) is 4.89. The Kier molecular flexibility index (Phi) is 8.94. The molecule has 2 rings (SSSR count). The molecular weight excluding hydrogens is 358 g/mol. The molecule has 0 spiro atoms. The van der Waals surface area contributed by atoms with Crippen LogP contribution in [0.15, 0.2) is 22.7 Å². The molecule has 0 unspecified atom stereocenters. The maximum atomic E-state index is 13.2. The Morgan fingerprint density at radius 1 is 1.32 bits per heavy atom. The molecule has 7 heteroatoms. The Hall–Kier alpha value is -0.0700. The fourth-order valence-electron chi connectivity index (χ4n) is 2.17. The van der Waals surface area contributed by atoms with Crippen molar-refractivity contribution in [3.8, 4) is 5.75 Å². The van der Waals surface area contributed by atoms with E-state index in [-0.39, 0.29) is 36.6 Å². The molecule has 0 bridgehead atoms. The summed E-state index contributed by atoms with van der Waals surface area (Å²) in [6.07, 6.45) is 0. The van der Waals surface area contributed by atoms with Crippen molar-refractivity contribution >= 4 is 40.7 Å². The van der Waals surface area contributed by atoms with Crippen LogP contribution in [0, 0.1) is 0 Å². The minimum Gasteiger partial charge on any atom is -0.508 e. The lowest BCUT2D eigenvalue weighted by Crippen LogP contribution is -2.45. The first-order valence-electron chi connectivity index (χ1n) is 5.71. The second kappa shape index (κ2) is 8.97. The third-order valence-electron chi connectivity index (χ3n) is 3.09. The lowest BCUT2D eigenvalue weighted by atomic mass is 10.0. The van der Waals surface area contributed by atoms with Crippen molar-refractivity contribution in [1.29, 1.82) is 0 Å². The summed E-state index contributed by atoms with van der Waals surface area (Å²) in [4.78, 5) is 2.07. The quantitative estimate of drug-likeness (QED) is 0.852. The third kappa shape index (κ3) is 4.76. The molecule has 1 fully saturated rings. The van der Waals surface area contributed by atoms with Crippen LogP contribution in [0.4, 0.5) is 4.39 Å². The Morgan fingerprint density at radius 3 is 2.47 bits per heavy atom. The normalized spacial score (nSPS) is 17.2. The summed E-state index contributed by atoms with van der Waals surface area (Å²) in [7, 11) is 0. The summed E-state index contributed by atoms with van der Waals surface area (Å²) in [5.74, 6) is 0.153. The molecular formula is C12H18BrCl2FN2O. The molecule has 1 aliphatic rings. The Morgan fingerprint density at radius 2 is 1.95 bits per heavy atom. The van der Waals surface area contributed by atoms with Crippen LogP contribution in [0.25, 0.3) is 0 Å². The molecule has 1 heterocycles. The number of phenols is 1. The molecule has 1 saturated heterocycles. The highest BCUT2D eigenvalue weighted by atomic mass is 79.9. The summed E-state index contributed by atoms with van der Waals surface area (Å²) < 4.78 is 14.0. The van der Waals surface area contributed by atoms with E-state index in [1.165, 1.54) is 0 Å². The second-order valence-corrected chi connectivity index (χ2v) is 5.07. The largest absolute Gasteiger partial charge is 0.508 e. The highest BCUT2D eigenvalue weighted by Gasteiger charge is 2.24. The summed E-state index contributed by atoms with van der Waals surface area (Å²) in [5.41, 5.74) is 0.664. The first-order valence-corrected chi connectivity index (χ1v) is 6.51. The maximum Gasteiger partial charge on any atom is 0.121 e. The first-order chi connectivity index (χ1) is 8.22. The fourth-order valence-corrected chi connectivity index (χ4v) is 2.52. The van der Waals surface area contributed by atoms with Crippen LogP contribution in [0.3, 0.4) is 0 Å². The molecule has 0 amide bonds. The molecule has 1 atom stereocenters. The van der Waals surface area contributed by atoms with E-state index in [1.807, 2.05) is 6.07 Å². The van der Waals surface area contributed by atoms with Crippen LogP contribution >= 0.6 is 40.7 Å². The number of piperazine rings is 1. The van der Waals surface area contributed by atoms with Gasteiger partial charge in [-0.1, -0.05) is 22.0 Å². The van der Waals surface area contributed by atoms with Gasteiger partial charge in [-0.2, -0.15) is 0 Å². The number of nitrogens with zero attached hydrogens (tertiary/aromatic N) is 1. The number of hydrogen-bond donors (Lipinski definition) is 2. The Labute approximate surface area is 133 Å². The zero-order chi connectivity index (χ0) is 12.3. The van der Waals surface area contributed by atoms with Crippen molar-refractivity contribution in [1.82, 2.24) is 10.2 Å². The van der Waals surface area contributed by atoms with E-state index in [1.54, 1.807) is 12.1 Å². The monoisotopic (exact) mass is 374 g/mol. The number of aromatic hydroxyl groups is 1. The number of alkyl halides is 1. The third-order valence-corrected chi connectivity index (χ3v) is 3.58. The predicted octanol–water partition coefficient (Wildman–Crippen LogP) is 2.91. The molecule has 110 valence electrons. The number of phenolic OH excluding ortho intramolecular Hbond substituents is 1. The van der Waals surface area contributed by atoms with Crippen molar-refractivity contribution in [2.45, 2.75) is 6.04 Å². The van der Waals surface area contributed by atoms with Gasteiger partial charge in [-0.15, -0.1) is 24.8 Å². The highest BCUT2D eigenvalue weighted by molar-refractivity contribution is 9.10. The van der Waals surface area contributed by atoms with E-state index >= 15 is 0 Å². The summed E-state index contributed by atoms with van der Waals surface area (Å²) in [6.45, 7) is 2.88. The standard InChI is InChI=1S/C12H16BrFN2O.2ClH/c13-9-1-2-10(12(17)7-9)11(8-14)16-5-3-15-4-6-16;;/h1-2,7,11,15,17H,3-6,8H2;2*1H/t11-;;/m0../s1. The van der Waals surface area contributed by atoms with Crippen LogP contribution in [0.1, 0.15) is 11.6 Å². The van der Waals surface area contributed by atoms with Gasteiger partial charge >= 0.3 is 0 Å². The van der Waals surface area contributed by atoms with E-state index in [2.05, 4.69) is 26.1 Å². The maximum absolute atomic E-state index is 13.2. The van der Waals surface area contributed by atoms with Crippen molar-refractivity contribution in [2.24, 2.45) is 0 Å². The van der Waals surface area contributed by atoms with E-state index in [0.29, 0.717) is 5.56 Å². The van der Waals surface area contributed by atoms with Crippen molar-refractivity contribution in [3.05, 3.63) is 28.2 Å². The van der Waals surface area contributed by atoms with Crippen LogP contribution in [-0.4, -0.2) is 42.9 Å². The SMILES string of the molecule is Cl.Cl.Oc1cc(Br)ccc1[C@H](CF)N1CCNCC1. The van der Waals surface area contributed by atoms with Crippen molar-refractivity contribution < 1.29 is 9.50 Å². The first kappa shape index (κ1) is 18.9. The lowest BCUT2D eigenvalue weighted by molar-refractivity contribution is 0.145. The molecule has 3 nitrogen and oxygen atoms in total. The van der Waals surface area contributed by atoms with Gasteiger partial charge in [0.05, 0.1) is 6.04 Å². The minimum atomic E-state index is -0.477. The topological polar surface area (TPSA) is 35.5 Å². The van der Waals surface area contributed by atoms with Gasteiger partial charge in [0.25, 0.3) is 0 Å². The fraction of sp³-hybridized carbons (Fsp3) is 0.500. The molecule has 0 aliphatic carbocycles. The average molecular weight is 376 g/mol.